The van der Waals surface area contributed by atoms with E-state index in [-0.39, 0.29) is 0 Å². The average Bonchev–Trinajstić information content (AvgIpc) is 3.46. The maximum absolute atomic E-state index is 4.78. The zero-order valence-corrected chi connectivity index (χ0v) is 15.0. The summed E-state index contributed by atoms with van der Waals surface area (Å²) in [5.41, 5.74) is 5.52. The highest BCUT2D eigenvalue weighted by Gasteiger charge is 2.10. The fraction of sp³-hybridized carbons (Fsp3) is 0. The Morgan fingerprint density at radius 2 is 0.964 bits per heavy atom. The third-order valence-electron chi connectivity index (χ3n) is 4.55. The van der Waals surface area contributed by atoms with E-state index in [0.717, 1.165) is 45.6 Å². The molecular weight excluding hydrogens is 346 g/mol. The molecule has 0 unspecified atom stereocenters. The van der Waals surface area contributed by atoms with Crippen LogP contribution in [0.3, 0.4) is 0 Å². The first-order valence-electron chi connectivity index (χ1n) is 9.05. The molecule has 0 saturated carbocycles. The number of benzene rings is 2. The number of nitrogens with one attached hydrogen (secondary N) is 2. The lowest BCUT2D eigenvalue weighted by Gasteiger charge is -2.01. The minimum absolute atomic E-state index is 0.829. The van der Waals surface area contributed by atoms with Gasteiger partial charge in [-0.3, -0.25) is 0 Å². The maximum Gasteiger partial charge on any atom is 0.137 e. The molecule has 0 fully saturated rings. The van der Waals surface area contributed by atoms with Crippen LogP contribution in [0.15, 0.2) is 91.3 Å². The van der Waals surface area contributed by atoms with Gasteiger partial charge in [-0.25, -0.2) is 15.0 Å². The van der Waals surface area contributed by atoms with E-state index in [1.165, 1.54) is 0 Å². The standard InChI is InChI=1S/C23H17N5/c1-3-8-16(9-4-1)22-24-14-20(27-22)18-12-7-13-19(26-18)21-15-25-23(28-21)17-10-5-2-6-11-17/h1-15H,(H,24,27)(H,25,28). The Morgan fingerprint density at radius 3 is 1.43 bits per heavy atom. The molecule has 0 radical (unpaired) electrons. The van der Waals surface area contributed by atoms with Gasteiger partial charge in [-0.15, -0.1) is 0 Å². The van der Waals surface area contributed by atoms with Gasteiger partial charge in [-0.05, 0) is 12.1 Å². The van der Waals surface area contributed by atoms with Gasteiger partial charge >= 0.3 is 0 Å². The Kier molecular flexibility index (Phi) is 4.03. The van der Waals surface area contributed by atoms with E-state index in [9.17, 15) is 0 Å². The van der Waals surface area contributed by atoms with Crippen LogP contribution in [-0.2, 0) is 0 Å². The molecule has 2 N–H and O–H groups in total. The summed E-state index contributed by atoms with van der Waals surface area (Å²) < 4.78 is 0. The molecule has 0 aliphatic rings. The van der Waals surface area contributed by atoms with Gasteiger partial charge < -0.3 is 9.97 Å². The van der Waals surface area contributed by atoms with Crippen molar-refractivity contribution in [3.8, 4) is 45.6 Å². The van der Waals surface area contributed by atoms with E-state index in [0.29, 0.717) is 0 Å². The third-order valence-corrected chi connectivity index (χ3v) is 4.55. The molecule has 28 heavy (non-hydrogen) atoms. The maximum atomic E-state index is 4.78. The van der Waals surface area contributed by atoms with Crippen LogP contribution < -0.4 is 0 Å². The summed E-state index contributed by atoms with van der Waals surface area (Å²) in [6.45, 7) is 0. The van der Waals surface area contributed by atoms with E-state index in [1.807, 2.05) is 91.3 Å². The van der Waals surface area contributed by atoms with Crippen molar-refractivity contribution in [2.45, 2.75) is 0 Å². The number of rotatable bonds is 4. The molecule has 5 aromatic rings. The summed E-state index contributed by atoms with van der Waals surface area (Å²) in [5, 5.41) is 0. The summed E-state index contributed by atoms with van der Waals surface area (Å²) in [4.78, 5) is 20.5. The molecule has 5 nitrogen and oxygen atoms in total. The quantitative estimate of drug-likeness (QED) is 0.461. The normalized spacial score (nSPS) is 10.9. The van der Waals surface area contributed by atoms with E-state index in [1.54, 1.807) is 0 Å². The minimum Gasteiger partial charge on any atom is -0.337 e. The van der Waals surface area contributed by atoms with Crippen molar-refractivity contribution < 1.29 is 0 Å². The van der Waals surface area contributed by atoms with Gasteiger partial charge in [-0.1, -0.05) is 66.7 Å². The Bertz CT molecular complexity index is 1110. The molecule has 0 bridgehead atoms. The first-order chi connectivity index (χ1) is 13.9. The van der Waals surface area contributed by atoms with Crippen LogP contribution in [-0.4, -0.2) is 24.9 Å². The number of pyridine rings is 1. The lowest BCUT2D eigenvalue weighted by Crippen LogP contribution is -1.88. The van der Waals surface area contributed by atoms with E-state index in [4.69, 9.17) is 4.98 Å². The fourth-order valence-corrected chi connectivity index (χ4v) is 3.12. The summed E-state index contributed by atoms with van der Waals surface area (Å²) in [6, 6.07) is 26.0. The number of hydrogen-bond donors (Lipinski definition) is 2. The highest BCUT2D eigenvalue weighted by atomic mass is 15.0. The van der Waals surface area contributed by atoms with Gasteiger partial charge in [0.15, 0.2) is 0 Å². The summed E-state index contributed by atoms with van der Waals surface area (Å²) in [7, 11) is 0. The molecule has 0 amide bonds. The molecule has 5 rings (SSSR count). The van der Waals surface area contributed by atoms with Gasteiger partial charge in [0.2, 0.25) is 0 Å². The molecule has 0 atom stereocenters. The second-order valence-corrected chi connectivity index (χ2v) is 6.43. The van der Waals surface area contributed by atoms with E-state index < -0.39 is 0 Å². The molecular formula is C23H17N5. The molecule has 0 aliphatic heterocycles. The third kappa shape index (κ3) is 3.10. The van der Waals surface area contributed by atoms with Crippen molar-refractivity contribution in [2.24, 2.45) is 0 Å². The summed E-state index contributed by atoms with van der Waals surface area (Å²) >= 11 is 0. The van der Waals surface area contributed by atoms with Crippen molar-refractivity contribution in [3.05, 3.63) is 91.3 Å². The van der Waals surface area contributed by atoms with Crippen LogP contribution in [0.5, 0.6) is 0 Å². The van der Waals surface area contributed by atoms with Crippen LogP contribution in [0, 0.1) is 0 Å². The zero-order chi connectivity index (χ0) is 18.8. The van der Waals surface area contributed by atoms with Crippen molar-refractivity contribution in [2.75, 3.05) is 0 Å². The van der Waals surface area contributed by atoms with E-state index >= 15 is 0 Å². The van der Waals surface area contributed by atoms with Gasteiger partial charge in [0, 0.05) is 11.1 Å². The molecule has 0 aliphatic carbocycles. The van der Waals surface area contributed by atoms with Gasteiger partial charge in [0.1, 0.15) is 11.6 Å². The minimum atomic E-state index is 0.829. The van der Waals surface area contributed by atoms with E-state index in [2.05, 4.69) is 19.9 Å². The molecule has 2 aromatic carbocycles. The van der Waals surface area contributed by atoms with Crippen LogP contribution in [0.2, 0.25) is 0 Å². The second kappa shape index (κ2) is 6.96. The van der Waals surface area contributed by atoms with Crippen LogP contribution >= 0.6 is 0 Å². The smallest absolute Gasteiger partial charge is 0.137 e. The molecule has 134 valence electrons. The molecule has 0 saturated heterocycles. The van der Waals surface area contributed by atoms with Crippen molar-refractivity contribution in [1.29, 1.82) is 0 Å². The monoisotopic (exact) mass is 363 g/mol. The number of H-pyrrole nitrogens is 2. The summed E-state index contributed by atoms with van der Waals surface area (Å²) in [5.74, 6) is 1.66. The number of imidazole rings is 2. The second-order valence-electron chi connectivity index (χ2n) is 6.43. The molecule has 5 heteroatoms. The van der Waals surface area contributed by atoms with Crippen molar-refractivity contribution in [1.82, 2.24) is 24.9 Å². The first kappa shape index (κ1) is 16.2. The predicted molar refractivity (Wildman–Crippen MR) is 110 cm³/mol. The van der Waals surface area contributed by atoms with Crippen LogP contribution in [0.1, 0.15) is 0 Å². The highest BCUT2D eigenvalue weighted by Crippen LogP contribution is 2.25. The SMILES string of the molecule is c1ccc(-c2ncc(-c3cccc(-c4cnc(-c5ccccc5)[nH]4)n3)[nH]2)cc1. The highest BCUT2D eigenvalue weighted by molar-refractivity contribution is 5.66. The number of aromatic amines is 2. The predicted octanol–water partition coefficient (Wildman–Crippen LogP) is 5.20. The first-order valence-corrected chi connectivity index (χ1v) is 9.05. The molecule has 3 aromatic heterocycles. The Balaban J connectivity index is 1.46. The average molecular weight is 363 g/mol. The number of hydrogen-bond acceptors (Lipinski definition) is 3. The largest absolute Gasteiger partial charge is 0.337 e. The topological polar surface area (TPSA) is 70.2 Å². The Hall–Kier alpha value is -3.99. The van der Waals surface area contributed by atoms with Gasteiger partial charge in [-0.2, -0.15) is 0 Å². The lowest BCUT2D eigenvalue weighted by molar-refractivity contribution is 1.25. The number of nitrogens with zero attached hydrogens (tertiary/aromatic N) is 3. The zero-order valence-electron chi connectivity index (χ0n) is 15.0. The number of aromatic nitrogens is 5. The van der Waals surface area contributed by atoms with Crippen molar-refractivity contribution in [3.63, 3.8) is 0 Å². The van der Waals surface area contributed by atoms with Crippen molar-refractivity contribution >= 4 is 0 Å². The van der Waals surface area contributed by atoms with Gasteiger partial charge in [0.25, 0.3) is 0 Å². The lowest BCUT2D eigenvalue weighted by atomic mass is 10.2. The fourth-order valence-electron chi connectivity index (χ4n) is 3.12. The Morgan fingerprint density at radius 1 is 0.500 bits per heavy atom. The van der Waals surface area contributed by atoms with Crippen LogP contribution in [0.4, 0.5) is 0 Å². The van der Waals surface area contributed by atoms with Crippen LogP contribution in [0.25, 0.3) is 45.6 Å². The summed E-state index contributed by atoms with van der Waals surface area (Å²) in [6.07, 6.45) is 3.63. The van der Waals surface area contributed by atoms with Gasteiger partial charge in [0.05, 0.1) is 35.2 Å². The Labute approximate surface area is 162 Å². The molecule has 0 spiro atoms. The molecule has 3 heterocycles.